The number of aromatic nitrogens is 2. The number of ether oxygens (including phenoxy) is 1. The molecule has 0 unspecified atom stereocenters. The summed E-state index contributed by atoms with van der Waals surface area (Å²) >= 11 is 6.12. The van der Waals surface area contributed by atoms with Gasteiger partial charge in [-0.2, -0.15) is 10.4 Å². The van der Waals surface area contributed by atoms with E-state index in [0.717, 1.165) is 16.8 Å². The minimum Gasteiger partial charge on any atom is -0.437 e. The zero-order chi connectivity index (χ0) is 14.0. The van der Waals surface area contributed by atoms with Gasteiger partial charge in [0.2, 0.25) is 5.88 Å². The Hall–Kier alpha value is -1.99. The van der Waals surface area contributed by atoms with Crippen molar-refractivity contribution in [1.29, 1.82) is 5.26 Å². The quantitative estimate of drug-likeness (QED) is 0.861. The van der Waals surface area contributed by atoms with Crippen LogP contribution in [0.5, 0.6) is 11.6 Å². The summed E-state index contributed by atoms with van der Waals surface area (Å²) in [5.74, 6) is 1.20. The van der Waals surface area contributed by atoms with E-state index >= 15 is 0 Å². The van der Waals surface area contributed by atoms with Crippen LogP contribution in [-0.4, -0.2) is 9.78 Å². The fourth-order valence-corrected chi connectivity index (χ4v) is 1.97. The molecule has 0 N–H and O–H groups in total. The van der Waals surface area contributed by atoms with Gasteiger partial charge in [0.25, 0.3) is 0 Å². The van der Waals surface area contributed by atoms with Crippen molar-refractivity contribution in [1.82, 2.24) is 9.78 Å². The molecule has 98 valence electrons. The molecule has 0 saturated carbocycles. The van der Waals surface area contributed by atoms with Gasteiger partial charge in [-0.3, -0.25) is 0 Å². The van der Waals surface area contributed by atoms with E-state index in [1.165, 1.54) is 0 Å². The second kappa shape index (κ2) is 5.33. The first-order chi connectivity index (χ1) is 9.02. The highest BCUT2D eigenvalue weighted by molar-refractivity contribution is 6.32. The molecule has 4 nitrogen and oxygen atoms in total. The summed E-state index contributed by atoms with van der Waals surface area (Å²) in [6.45, 7) is 3.88. The number of hydrogen-bond donors (Lipinski definition) is 0. The Morgan fingerprint density at radius 1 is 1.42 bits per heavy atom. The zero-order valence-corrected chi connectivity index (χ0v) is 11.8. The topological polar surface area (TPSA) is 50.8 Å². The van der Waals surface area contributed by atoms with Gasteiger partial charge in [-0.25, -0.2) is 4.68 Å². The van der Waals surface area contributed by atoms with E-state index in [0.29, 0.717) is 23.1 Å². The smallest absolute Gasteiger partial charge is 0.220 e. The van der Waals surface area contributed by atoms with E-state index < -0.39 is 0 Å². The van der Waals surface area contributed by atoms with Gasteiger partial charge in [0, 0.05) is 12.6 Å². The molecule has 0 saturated heterocycles. The van der Waals surface area contributed by atoms with E-state index in [9.17, 15) is 0 Å². The van der Waals surface area contributed by atoms with Gasteiger partial charge in [-0.15, -0.1) is 0 Å². The van der Waals surface area contributed by atoms with Crippen LogP contribution in [0.4, 0.5) is 0 Å². The van der Waals surface area contributed by atoms with Crippen LogP contribution in [-0.2, 0) is 13.5 Å². The first-order valence-electron chi connectivity index (χ1n) is 5.86. The van der Waals surface area contributed by atoms with Crippen LogP contribution < -0.4 is 4.74 Å². The fourth-order valence-electron chi connectivity index (χ4n) is 1.82. The lowest BCUT2D eigenvalue weighted by Crippen LogP contribution is -1.97. The summed E-state index contributed by atoms with van der Waals surface area (Å²) in [7, 11) is 1.82. The fraction of sp³-hybridized carbons (Fsp3) is 0.286. The number of benzene rings is 1. The molecule has 1 aromatic heterocycles. The number of nitriles is 1. The highest BCUT2D eigenvalue weighted by atomic mass is 35.5. The lowest BCUT2D eigenvalue weighted by molar-refractivity contribution is 0.427. The largest absolute Gasteiger partial charge is 0.437 e. The summed E-state index contributed by atoms with van der Waals surface area (Å²) in [4.78, 5) is 0. The van der Waals surface area contributed by atoms with E-state index in [1.807, 2.05) is 27.0 Å². The molecule has 0 amide bonds. The van der Waals surface area contributed by atoms with Gasteiger partial charge in [0.15, 0.2) is 0 Å². The number of nitrogens with zero attached hydrogens (tertiary/aromatic N) is 3. The third kappa shape index (κ3) is 2.72. The molecular formula is C14H14ClN3O. The summed E-state index contributed by atoms with van der Waals surface area (Å²) in [6.07, 6.45) is 0.330. The van der Waals surface area contributed by atoms with Crippen molar-refractivity contribution in [2.24, 2.45) is 7.05 Å². The third-order valence-corrected chi connectivity index (χ3v) is 3.26. The summed E-state index contributed by atoms with van der Waals surface area (Å²) < 4.78 is 7.52. The Morgan fingerprint density at radius 2 is 2.16 bits per heavy atom. The van der Waals surface area contributed by atoms with Crippen LogP contribution in [0, 0.1) is 25.2 Å². The minimum absolute atomic E-state index is 0.330. The van der Waals surface area contributed by atoms with E-state index in [2.05, 4.69) is 11.2 Å². The molecule has 1 heterocycles. The van der Waals surface area contributed by atoms with Gasteiger partial charge in [-0.1, -0.05) is 17.7 Å². The van der Waals surface area contributed by atoms with E-state index in [4.69, 9.17) is 21.6 Å². The van der Waals surface area contributed by atoms with Crippen molar-refractivity contribution in [3.63, 3.8) is 0 Å². The molecule has 0 radical (unpaired) electrons. The summed E-state index contributed by atoms with van der Waals surface area (Å²) in [5.41, 5.74) is 2.77. The summed E-state index contributed by atoms with van der Waals surface area (Å²) in [5, 5.41) is 13.5. The van der Waals surface area contributed by atoms with Crippen molar-refractivity contribution in [2.45, 2.75) is 20.3 Å². The van der Waals surface area contributed by atoms with Crippen molar-refractivity contribution in [2.75, 3.05) is 0 Å². The molecule has 0 aliphatic rings. The van der Waals surface area contributed by atoms with Crippen LogP contribution in [0.15, 0.2) is 18.2 Å². The van der Waals surface area contributed by atoms with Crippen LogP contribution in [0.1, 0.15) is 16.8 Å². The number of aryl methyl sites for hydroxylation is 2. The lowest BCUT2D eigenvalue weighted by Gasteiger charge is -2.09. The van der Waals surface area contributed by atoms with Crippen LogP contribution >= 0.6 is 11.6 Å². The molecule has 19 heavy (non-hydrogen) atoms. The monoisotopic (exact) mass is 275 g/mol. The molecular weight excluding hydrogens is 262 g/mol. The maximum atomic E-state index is 8.72. The molecule has 0 aliphatic carbocycles. The second-order valence-electron chi connectivity index (χ2n) is 4.34. The molecule has 0 bridgehead atoms. The number of halogens is 1. The van der Waals surface area contributed by atoms with Gasteiger partial charge >= 0.3 is 0 Å². The molecule has 2 aromatic rings. The highest BCUT2D eigenvalue weighted by Crippen LogP contribution is 2.32. The number of rotatable bonds is 3. The Kier molecular flexibility index (Phi) is 3.77. The third-order valence-electron chi connectivity index (χ3n) is 2.94. The maximum absolute atomic E-state index is 8.72. The normalized spacial score (nSPS) is 10.3. The first kappa shape index (κ1) is 13.4. The predicted octanol–water partition coefficient (Wildman–Crippen LogP) is 3.55. The average Bonchev–Trinajstić information content (AvgIpc) is 2.60. The average molecular weight is 276 g/mol. The van der Waals surface area contributed by atoms with Crippen molar-refractivity contribution in [3.8, 4) is 17.7 Å². The van der Waals surface area contributed by atoms with Crippen LogP contribution in [0.25, 0.3) is 0 Å². The Balaban J connectivity index is 2.37. The molecule has 5 heteroatoms. The maximum Gasteiger partial charge on any atom is 0.220 e. The Labute approximate surface area is 117 Å². The van der Waals surface area contributed by atoms with E-state index in [1.54, 1.807) is 16.8 Å². The molecule has 0 fully saturated rings. The van der Waals surface area contributed by atoms with E-state index in [-0.39, 0.29) is 0 Å². The van der Waals surface area contributed by atoms with Crippen molar-refractivity contribution < 1.29 is 4.74 Å². The first-order valence-corrected chi connectivity index (χ1v) is 6.24. The highest BCUT2D eigenvalue weighted by Gasteiger charge is 2.13. The Morgan fingerprint density at radius 3 is 2.74 bits per heavy atom. The standard InChI is InChI=1S/C14H14ClN3O/c1-9-10(2)17-18(3)14(9)19-13-8-11(6-7-16)4-5-12(13)15/h4-5,8H,6H2,1-3H3. The van der Waals surface area contributed by atoms with Gasteiger partial charge in [-0.05, 0) is 31.5 Å². The van der Waals surface area contributed by atoms with Crippen LogP contribution in [0.2, 0.25) is 5.02 Å². The SMILES string of the molecule is Cc1nn(C)c(Oc2cc(CC#N)ccc2Cl)c1C. The van der Waals surface area contributed by atoms with Crippen LogP contribution in [0.3, 0.4) is 0 Å². The zero-order valence-electron chi connectivity index (χ0n) is 11.1. The molecule has 2 rings (SSSR count). The van der Waals surface area contributed by atoms with Crippen molar-refractivity contribution in [3.05, 3.63) is 40.0 Å². The van der Waals surface area contributed by atoms with Crippen molar-refractivity contribution >= 4 is 11.6 Å². The van der Waals surface area contributed by atoms with Gasteiger partial charge in [0.05, 0.1) is 23.2 Å². The molecule has 0 atom stereocenters. The number of hydrogen-bond acceptors (Lipinski definition) is 3. The second-order valence-corrected chi connectivity index (χ2v) is 4.75. The predicted molar refractivity (Wildman–Crippen MR) is 73.5 cm³/mol. The molecule has 0 spiro atoms. The summed E-state index contributed by atoms with van der Waals surface area (Å²) in [6, 6.07) is 7.45. The van der Waals surface area contributed by atoms with Gasteiger partial charge in [0.1, 0.15) is 5.75 Å². The molecule has 1 aromatic carbocycles. The lowest BCUT2D eigenvalue weighted by atomic mass is 10.1. The minimum atomic E-state index is 0.330. The van der Waals surface area contributed by atoms with Gasteiger partial charge < -0.3 is 4.74 Å². The molecule has 0 aliphatic heterocycles. The Bertz CT molecular complexity index is 655.